The van der Waals surface area contributed by atoms with Crippen LogP contribution in [0.4, 0.5) is 11.4 Å². The van der Waals surface area contributed by atoms with Crippen molar-refractivity contribution in [1.82, 2.24) is 10.2 Å². The molecule has 4 rings (SSSR count). The van der Waals surface area contributed by atoms with Gasteiger partial charge in [0.15, 0.2) is 0 Å². The molecule has 32 heavy (non-hydrogen) atoms. The summed E-state index contributed by atoms with van der Waals surface area (Å²) >= 11 is 5.90. The smallest absolute Gasteiger partial charge is 0.275 e. The number of aromatic nitrogens is 2. The van der Waals surface area contributed by atoms with Crippen LogP contribution < -0.4 is 10.1 Å². The minimum Gasteiger partial charge on any atom is -0.457 e. The van der Waals surface area contributed by atoms with Gasteiger partial charge in [0.05, 0.1) is 22.4 Å². The molecule has 160 valence electrons. The Hall–Kier alpha value is -4.17. The van der Waals surface area contributed by atoms with Crippen LogP contribution in [0.1, 0.15) is 16.1 Å². The number of anilines is 1. The van der Waals surface area contributed by atoms with E-state index in [0.717, 1.165) is 11.1 Å². The third kappa shape index (κ3) is 4.93. The zero-order chi connectivity index (χ0) is 22.7. The highest BCUT2D eigenvalue weighted by Crippen LogP contribution is 2.30. The number of amides is 1. The van der Waals surface area contributed by atoms with Crippen molar-refractivity contribution < 1.29 is 14.5 Å². The number of nitro groups is 1. The quantitative estimate of drug-likeness (QED) is 0.278. The second-order valence-electron chi connectivity index (χ2n) is 7.02. The van der Waals surface area contributed by atoms with E-state index >= 15 is 0 Å². The van der Waals surface area contributed by atoms with Crippen LogP contribution in [0, 0.1) is 17.0 Å². The third-order valence-electron chi connectivity index (χ3n) is 4.58. The first-order chi connectivity index (χ1) is 15.4. The molecule has 0 bridgehead atoms. The number of hydrogen-bond acceptors (Lipinski definition) is 5. The van der Waals surface area contributed by atoms with Crippen LogP contribution in [0.3, 0.4) is 0 Å². The largest absolute Gasteiger partial charge is 0.457 e. The standard InChI is InChI=1S/C23H17ClN4O4/c1-14-2-8-19(9-3-14)32-20-11-17(10-18(12-20)28(30)31)25-23(29)22-13-21(26-27-22)15-4-6-16(24)7-5-15/h2-13H,1H3,(H,25,29)(H,26,27). The van der Waals surface area contributed by atoms with Crippen molar-refractivity contribution in [3.8, 4) is 22.8 Å². The Labute approximate surface area is 188 Å². The minimum absolute atomic E-state index is 0.197. The van der Waals surface area contributed by atoms with Crippen molar-refractivity contribution in [2.75, 3.05) is 5.32 Å². The summed E-state index contributed by atoms with van der Waals surface area (Å²) in [5.74, 6) is 0.249. The van der Waals surface area contributed by atoms with Gasteiger partial charge in [-0.3, -0.25) is 20.0 Å². The van der Waals surface area contributed by atoms with Crippen LogP contribution in [-0.2, 0) is 0 Å². The fraction of sp³-hybridized carbons (Fsp3) is 0.0435. The van der Waals surface area contributed by atoms with Gasteiger partial charge in [-0.2, -0.15) is 5.10 Å². The number of aryl methyl sites for hydroxylation is 1. The molecule has 0 aliphatic carbocycles. The van der Waals surface area contributed by atoms with E-state index in [2.05, 4.69) is 15.5 Å². The number of aromatic amines is 1. The van der Waals surface area contributed by atoms with Gasteiger partial charge in [-0.15, -0.1) is 0 Å². The van der Waals surface area contributed by atoms with Gasteiger partial charge in [0, 0.05) is 22.7 Å². The van der Waals surface area contributed by atoms with E-state index in [1.165, 1.54) is 18.2 Å². The van der Waals surface area contributed by atoms with Crippen LogP contribution in [0.5, 0.6) is 11.5 Å². The number of non-ortho nitro benzene ring substituents is 1. The maximum Gasteiger partial charge on any atom is 0.275 e. The molecule has 0 fully saturated rings. The number of nitrogens with zero attached hydrogens (tertiary/aromatic N) is 2. The Morgan fingerprint density at radius 2 is 1.75 bits per heavy atom. The normalized spacial score (nSPS) is 10.6. The number of nitrogens with one attached hydrogen (secondary N) is 2. The highest BCUT2D eigenvalue weighted by molar-refractivity contribution is 6.30. The molecule has 0 saturated heterocycles. The fourth-order valence-corrected chi connectivity index (χ4v) is 3.09. The predicted molar refractivity (Wildman–Crippen MR) is 121 cm³/mol. The lowest BCUT2D eigenvalue weighted by atomic mass is 10.1. The number of halogens is 1. The van der Waals surface area contributed by atoms with Crippen molar-refractivity contribution in [3.05, 3.63) is 99.2 Å². The summed E-state index contributed by atoms with van der Waals surface area (Å²) in [7, 11) is 0. The van der Waals surface area contributed by atoms with E-state index in [-0.39, 0.29) is 22.8 Å². The molecule has 2 N–H and O–H groups in total. The van der Waals surface area contributed by atoms with Crippen LogP contribution >= 0.6 is 11.6 Å². The maximum atomic E-state index is 12.7. The number of hydrogen-bond donors (Lipinski definition) is 2. The summed E-state index contributed by atoms with van der Waals surface area (Å²) < 4.78 is 5.74. The zero-order valence-electron chi connectivity index (χ0n) is 16.8. The van der Waals surface area contributed by atoms with Gasteiger partial charge in [-0.25, -0.2) is 0 Å². The topological polar surface area (TPSA) is 110 Å². The zero-order valence-corrected chi connectivity index (χ0v) is 17.6. The van der Waals surface area contributed by atoms with Crippen molar-refractivity contribution in [1.29, 1.82) is 0 Å². The van der Waals surface area contributed by atoms with Crippen molar-refractivity contribution in [2.24, 2.45) is 0 Å². The van der Waals surface area contributed by atoms with Crippen molar-refractivity contribution in [3.63, 3.8) is 0 Å². The first-order valence-corrected chi connectivity index (χ1v) is 9.92. The Morgan fingerprint density at radius 3 is 2.44 bits per heavy atom. The summed E-state index contributed by atoms with van der Waals surface area (Å²) in [6, 6.07) is 19.9. The average molecular weight is 449 g/mol. The summed E-state index contributed by atoms with van der Waals surface area (Å²) in [6.45, 7) is 1.94. The third-order valence-corrected chi connectivity index (χ3v) is 4.83. The van der Waals surface area contributed by atoms with Crippen LogP contribution in [0.25, 0.3) is 11.3 Å². The van der Waals surface area contributed by atoms with E-state index in [1.54, 1.807) is 42.5 Å². The number of carbonyl (C=O) groups is 1. The number of benzene rings is 3. The Morgan fingerprint density at radius 1 is 1.03 bits per heavy atom. The molecule has 0 unspecified atom stereocenters. The van der Waals surface area contributed by atoms with Gasteiger partial charge < -0.3 is 10.1 Å². The highest BCUT2D eigenvalue weighted by Gasteiger charge is 2.16. The van der Waals surface area contributed by atoms with Gasteiger partial charge in [0.25, 0.3) is 11.6 Å². The predicted octanol–water partition coefficient (Wildman–Crippen LogP) is 5.99. The molecule has 1 amide bonds. The molecule has 0 aliphatic heterocycles. The average Bonchev–Trinajstić information content (AvgIpc) is 3.26. The first-order valence-electron chi connectivity index (χ1n) is 9.54. The van der Waals surface area contributed by atoms with Gasteiger partial charge in [-0.1, -0.05) is 41.4 Å². The fourth-order valence-electron chi connectivity index (χ4n) is 2.97. The number of carbonyl (C=O) groups excluding carboxylic acids is 1. The van der Waals surface area contributed by atoms with E-state index in [9.17, 15) is 14.9 Å². The maximum absolute atomic E-state index is 12.7. The molecule has 0 radical (unpaired) electrons. The molecule has 4 aromatic rings. The summed E-state index contributed by atoms with van der Waals surface area (Å²) in [5.41, 5.74) is 2.61. The molecule has 0 spiro atoms. The lowest BCUT2D eigenvalue weighted by molar-refractivity contribution is -0.384. The van der Waals surface area contributed by atoms with Crippen LogP contribution in [0.2, 0.25) is 5.02 Å². The number of ether oxygens (including phenoxy) is 1. The lowest BCUT2D eigenvalue weighted by Gasteiger charge is -2.09. The minimum atomic E-state index is -0.549. The second kappa shape index (κ2) is 8.91. The molecule has 0 atom stereocenters. The van der Waals surface area contributed by atoms with Crippen molar-refractivity contribution >= 4 is 28.9 Å². The van der Waals surface area contributed by atoms with Gasteiger partial charge in [-0.05, 0) is 37.3 Å². The Bertz CT molecular complexity index is 1280. The number of nitro benzene ring substituents is 1. The molecule has 0 aliphatic rings. The monoisotopic (exact) mass is 448 g/mol. The van der Waals surface area contributed by atoms with Gasteiger partial charge in [0.2, 0.25) is 0 Å². The highest BCUT2D eigenvalue weighted by atomic mass is 35.5. The molecular formula is C23H17ClN4O4. The first kappa shape index (κ1) is 21.1. The Kier molecular flexibility index (Phi) is 5.87. The van der Waals surface area contributed by atoms with Crippen molar-refractivity contribution in [2.45, 2.75) is 6.92 Å². The molecule has 1 heterocycles. The molecule has 1 aromatic heterocycles. The number of H-pyrrole nitrogens is 1. The molecular weight excluding hydrogens is 432 g/mol. The Balaban J connectivity index is 1.55. The summed E-state index contributed by atoms with van der Waals surface area (Å²) in [4.78, 5) is 23.5. The van der Waals surface area contributed by atoms with Crippen LogP contribution in [-0.4, -0.2) is 21.0 Å². The number of rotatable bonds is 6. The van der Waals surface area contributed by atoms with E-state index < -0.39 is 10.8 Å². The summed E-state index contributed by atoms with van der Waals surface area (Å²) in [6.07, 6.45) is 0. The SMILES string of the molecule is Cc1ccc(Oc2cc(NC(=O)c3cc(-c4ccc(Cl)cc4)n[nH]3)cc([N+](=O)[O-])c2)cc1. The molecule has 0 saturated carbocycles. The van der Waals surface area contributed by atoms with E-state index in [0.29, 0.717) is 16.5 Å². The molecule has 9 heteroatoms. The van der Waals surface area contributed by atoms with Gasteiger partial charge in [0.1, 0.15) is 17.2 Å². The molecule has 8 nitrogen and oxygen atoms in total. The second-order valence-corrected chi connectivity index (χ2v) is 7.45. The lowest BCUT2D eigenvalue weighted by Crippen LogP contribution is -2.12. The summed E-state index contributed by atoms with van der Waals surface area (Å²) in [5, 5.41) is 21.4. The van der Waals surface area contributed by atoms with E-state index in [4.69, 9.17) is 16.3 Å². The van der Waals surface area contributed by atoms with Crippen LogP contribution in [0.15, 0.2) is 72.8 Å². The molecule has 3 aromatic carbocycles. The van der Waals surface area contributed by atoms with E-state index in [1.807, 2.05) is 19.1 Å². The van der Waals surface area contributed by atoms with Gasteiger partial charge >= 0.3 is 0 Å².